The van der Waals surface area contributed by atoms with E-state index in [4.69, 9.17) is 5.73 Å². The van der Waals surface area contributed by atoms with Crippen LogP contribution in [0.3, 0.4) is 0 Å². The number of nitrogens with one attached hydrogen (secondary N) is 1. The van der Waals surface area contributed by atoms with Crippen LogP contribution < -0.4 is 5.73 Å². The molecule has 16 heavy (non-hydrogen) atoms. The Balaban J connectivity index is 2.15. The normalized spacial score (nSPS) is 13.1. The highest BCUT2D eigenvalue weighted by Crippen LogP contribution is 2.29. The second-order valence-electron chi connectivity index (χ2n) is 3.53. The van der Waals surface area contributed by atoms with Crippen LogP contribution in [0.15, 0.2) is 36.0 Å². The molecule has 3 N–H and O–H groups in total. The number of aromatic nitrogens is 3. The fourth-order valence-corrected chi connectivity index (χ4v) is 2.73. The van der Waals surface area contributed by atoms with Gasteiger partial charge in [-0.3, -0.25) is 5.10 Å². The molecule has 2 aromatic heterocycles. The Labute approximate surface area is 96.1 Å². The highest BCUT2D eigenvalue weighted by molar-refractivity contribution is 7.17. The topological polar surface area (TPSA) is 67.6 Å². The van der Waals surface area contributed by atoms with Gasteiger partial charge in [0.1, 0.15) is 12.2 Å². The molecule has 0 aliphatic carbocycles. The summed E-state index contributed by atoms with van der Waals surface area (Å²) in [6.07, 6.45) is 1.48. The number of H-pyrrole nitrogens is 1. The van der Waals surface area contributed by atoms with E-state index < -0.39 is 0 Å². The van der Waals surface area contributed by atoms with E-state index >= 15 is 0 Å². The third kappa shape index (κ3) is 1.41. The smallest absolute Gasteiger partial charge is 0.145 e. The number of hydrogen-bond donors (Lipinski definition) is 2. The van der Waals surface area contributed by atoms with Gasteiger partial charge in [0.2, 0.25) is 0 Å². The summed E-state index contributed by atoms with van der Waals surface area (Å²) in [7, 11) is 0. The van der Waals surface area contributed by atoms with Gasteiger partial charge in [-0.25, -0.2) is 4.98 Å². The van der Waals surface area contributed by atoms with Crippen molar-refractivity contribution in [3.63, 3.8) is 0 Å². The first-order valence-electron chi connectivity index (χ1n) is 4.93. The van der Waals surface area contributed by atoms with Crippen molar-refractivity contribution in [1.29, 1.82) is 0 Å². The van der Waals surface area contributed by atoms with Crippen molar-refractivity contribution >= 4 is 21.4 Å². The second-order valence-corrected chi connectivity index (χ2v) is 4.45. The molecule has 3 aromatic rings. The molecular weight excluding hydrogens is 220 g/mol. The summed E-state index contributed by atoms with van der Waals surface area (Å²) in [4.78, 5) is 4.10. The number of nitrogens with two attached hydrogens (primary N) is 1. The van der Waals surface area contributed by atoms with Crippen LogP contribution >= 0.6 is 11.3 Å². The first-order chi connectivity index (χ1) is 7.86. The lowest BCUT2D eigenvalue weighted by molar-refractivity contribution is 0.794. The largest absolute Gasteiger partial charge is 0.318 e. The quantitative estimate of drug-likeness (QED) is 0.708. The summed E-state index contributed by atoms with van der Waals surface area (Å²) in [5.74, 6) is 0.695. The maximum absolute atomic E-state index is 6.16. The number of rotatable bonds is 2. The highest BCUT2D eigenvalue weighted by atomic mass is 32.1. The molecular formula is C11H10N4S. The van der Waals surface area contributed by atoms with Gasteiger partial charge in [0, 0.05) is 4.70 Å². The minimum absolute atomic E-state index is 0.246. The van der Waals surface area contributed by atoms with Gasteiger partial charge in [-0.05, 0) is 22.4 Å². The van der Waals surface area contributed by atoms with Gasteiger partial charge in [-0.15, -0.1) is 11.3 Å². The van der Waals surface area contributed by atoms with Crippen LogP contribution in [0.25, 0.3) is 10.1 Å². The number of nitrogens with zero attached hydrogens (tertiary/aromatic N) is 2. The molecule has 2 heterocycles. The SMILES string of the molecule is NC(c1ncn[nH]1)c1cccc2ccsc12. The third-order valence-electron chi connectivity index (χ3n) is 2.57. The standard InChI is InChI=1S/C11H10N4S/c12-9(11-13-6-14-15-11)8-3-1-2-7-4-5-16-10(7)8/h1-6,9H,12H2,(H,13,14,15). The molecule has 1 unspecified atom stereocenters. The highest BCUT2D eigenvalue weighted by Gasteiger charge is 2.14. The molecule has 80 valence electrons. The molecule has 4 nitrogen and oxygen atoms in total. The Bertz CT molecular complexity index is 599. The molecule has 1 aromatic carbocycles. The van der Waals surface area contributed by atoms with Gasteiger partial charge in [0.05, 0.1) is 6.04 Å². The lowest BCUT2D eigenvalue weighted by atomic mass is 10.1. The van der Waals surface area contributed by atoms with Crippen molar-refractivity contribution in [1.82, 2.24) is 15.2 Å². The van der Waals surface area contributed by atoms with Crippen molar-refractivity contribution in [3.05, 3.63) is 47.4 Å². The summed E-state index contributed by atoms with van der Waals surface area (Å²) in [5, 5.41) is 9.93. The van der Waals surface area contributed by atoms with E-state index in [1.165, 1.54) is 16.4 Å². The number of thiophene rings is 1. The lowest BCUT2D eigenvalue weighted by Crippen LogP contribution is -2.13. The fourth-order valence-electron chi connectivity index (χ4n) is 1.77. The van der Waals surface area contributed by atoms with Gasteiger partial charge in [-0.2, -0.15) is 5.10 Å². The third-order valence-corrected chi connectivity index (χ3v) is 3.55. The second kappa shape index (κ2) is 3.70. The maximum atomic E-state index is 6.16. The fraction of sp³-hybridized carbons (Fsp3) is 0.0909. The molecule has 0 aliphatic heterocycles. The van der Waals surface area contributed by atoms with Gasteiger partial charge >= 0.3 is 0 Å². The van der Waals surface area contributed by atoms with E-state index in [0.717, 1.165) is 5.56 Å². The predicted octanol–water partition coefficient (Wildman–Crippen LogP) is 2.07. The van der Waals surface area contributed by atoms with Gasteiger partial charge in [0.25, 0.3) is 0 Å². The number of aromatic amines is 1. The minimum atomic E-state index is -0.246. The molecule has 1 atom stereocenters. The van der Waals surface area contributed by atoms with Crippen LogP contribution in [0.1, 0.15) is 17.4 Å². The molecule has 0 aliphatic rings. The van der Waals surface area contributed by atoms with Crippen LogP contribution in [0.4, 0.5) is 0 Å². The van der Waals surface area contributed by atoms with Crippen LogP contribution in [-0.2, 0) is 0 Å². The Morgan fingerprint density at radius 1 is 1.31 bits per heavy atom. The van der Waals surface area contributed by atoms with Gasteiger partial charge < -0.3 is 5.73 Å². The predicted molar refractivity (Wildman–Crippen MR) is 64.2 cm³/mol. The average Bonchev–Trinajstić information content (AvgIpc) is 2.98. The summed E-state index contributed by atoms with van der Waals surface area (Å²) >= 11 is 1.70. The molecule has 0 fully saturated rings. The number of hydrogen-bond acceptors (Lipinski definition) is 4. The zero-order valence-electron chi connectivity index (χ0n) is 8.42. The van der Waals surface area contributed by atoms with Crippen LogP contribution in [0.2, 0.25) is 0 Å². The Morgan fingerprint density at radius 2 is 2.25 bits per heavy atom. The summed E-state index contributed by atoms with van der Waals surface area (Å²) in [6, 6.07) is 7.98. The minimum Gasteiger partial charge on any atom is -0.318 e. The van der Waals surface area contributed by atoms with Crippen LogP contribution in [0, 0.1) is 0 Å². The van der Waals surface area contributed by atoms with Gasteiger partial charge in [0.15, 0.2) is 0 Å². The molecule has 0 radical (unpaired) electrons. The molecule has 0 spiro atoms. The number of benzene rings is 1. The Kier molecular flexibility index (Phi) is 2.19. The molecule has 0 bridgehead atoms. The van der Waals surface area contributed by atoms with Crippen molar-refractivity contribution < 1.29 is 0 Å². The van der Waals surface area contributed by atoms with Gasteiger partial charge in [-0.1, -0.05) is 18.2 Å². The summed E-state index contributed by atoms with van der Waals surface area (Å²) in [6.45, 7) is 0. The van der Waals surface area contributed by atoms with E-state index in [-0.39, 0.29) is 6.04 Å². The van der Waals surface area contributed by atoms with Crippen molar-refractivity contribution in [3.8, 4) is 0 Å². The van der Waals surface area contributed by atoms with E-state index in [2.05, 4.69) is 32.7 Å². The Hall–Kier alpha value is -1.72. The molecule has 0 saturated carbocycles. The number of fused-ring (bicyclic) bond motifs is 1. The van der Waals surface area contributed by atoms with E-state index in [0.29, 0.717) is 5.82 Å². The zero-order chi connectivity index (χ0) is 11.0. The van der Waals surface area contributed by atoms with Crippen LogP contribution in [-0.4, -0.2) is 15.2 Å². The van der Waals surface area contributed by atoms with Crippen molar-refractivity contribution in [2.45, 2.75) is 6.04 Å². The van der Waals surface area contributed by atoms with Crippen molar-refractivity contribution in [2.24, 2.45) is 5.73 Å². The molecule has 0 amide bonds. The van der Waals surface area contributed by atoms with E-state index in [9.17, 15) is 0 Å². The first-order valence-corrected chi connectivity index (χ1v) is 5.81. The van der Waals surface area contributed by atoms with Crippen molar-refractivity contribution in [2.75, 3.05) is 0 Å². The molecule has 3 rings (SSSR count). The maximum Gasteiger partial charge on any atom is 0.145 e. The first kappa shape index (κ1) is 9.50. The average molecular weight is 230 g/mol. The monoisotopic (exact) mass is 230 g/mol. The Morgan fingerprint density at radius 3 is 3.06 bits per heavy atom. The van der Waals surface area contributed by atoms with Crippen LogP contribution in [0.5, 0.6) is 0 Å². The molecule has 0 saturated heterocycles. The van der Waals surface area contributed by atoms with E-state index in [1.54, 1.807) is 11.3 Å². The summed E-state index contributed by atoms with van der Waals surface area (Å²) in [5.41, 5.74) is 7.25. The van der Waals surface area contributed by atoms with E-state index in [1.807, 2.05) is 12.1 Å². The zero-order valence-corrected chi connectivity index (χ0v) is 9.24. The summed E-state index contributed by atoms with van der Waals surface area (Å²) < 4.78 is 1.21. The molecule has 5 heteroatoms. The lowest BCUT2D eigenvalue weighted by Gasteiger charge is -2.09.